The lowest BCUT2D eigenvalue weighted by Gasteiger charge is -2.06. The number of nitrogens with zero attached hydrogens (tertiary/aromatic N) is 3. The molecule has 1 heterocycles. The highest BCUT2D eigenvalue weighted by Gasteiger charge is 2.12. The molecule has 6 heteroatoms. The first-order valence-corrected chi connectivity index (χ1v) is 5.90. The lowest BCUT2D eigenvalue weighted by atomic mass is 10.2. The summed E-state index contributed by atoms with van der Waals surface area (Å²) in [6.45, 7) is 0. The number of hydrogen-bond donors (Lipinski definition) is 1. The zero-order valence-electron chi connectivity index (χ0n) is 9.51. The number of carbonyl (C=O) groups is 1. The van der Waals surface area contributed by atoms with Crippen molar-refractivity contribution in [2.75, 3.05) is 5.32 Å². The number of benzene rings is 1. The molecule has 0 spiro atoms. The number of aryl methyl sites for hydroxylation is 1. The molecule has 0 saturated heterocycles. The highest BCUT2D eigenvalue weighted by atomic mass is 79.9. The second-order valence-corrected chi connectivity index (χ2v) is 4.52. The summed E-state index contributed by atoms with van der Waals surface area (Å²) in [4.78, 5) is 12.0. The number of carbonyl (C=O) groups excluding carboxylic acids is 1. The minimum absolute atomic E-state index is 0.275. The smallest absolute Gasteiger partial charge is 0.256 e. The van der Waals surface area contributed by atoms with Crippen molar-refractivity contribution < 1.29 is 4.79 Å². The Balaban J connectivity index is 2.24. The lowest BCUT2D eigenvalue weighted by Crippen LogP contribution is -2.15. The van der Waals surface area contributed by atoms with Crippen LogP contribution in [-0.2, 0) is 7.05 Å². The third kappa shape index (κ3) is 2.41. The number of hydrogen-bond acceptors (Lipinski definition) is 3. The Bertz CT molecular complexity index is 625. The van der Waals surface area contributed by atoms with E-state index >= 15 is 0 Å². The first-order valence-electron chi connectivity index (χ1n) is 5.11. The molecule has 0 saturated carbocycles. The van der Waals surface area contributed by atoms with E-state index in [0.29, 0.717) is 16.9 Å². The van der Waals surface area contributed by atoms with Gasteiger partial charge in [-0.3, -0.25) is 9.48 Å². The van der Waals surface area contributed by atoms with Gasteiger partial charge in [-0.15, -0.1) is 0 Å². The first-order chi connectivity index (χ1) is 8.61. The van der Waals surface area contributed by atoms with Gasteiger partial charge in [0.25, 0.3) is 5.91 Å². The molecular formula is C12H9BrN4O. The zero-order chi connectivity index (χ0) is 13.1. The molecule has 90 valence electrons. The molecule has 0 aliphatic carbocycles. The van der Waals surface area contributed by atoms with E-state index in [1.54, 1.807) is 31.3 Å². The number of amides is 1. The second-order valence-electron chi connectivity index (χ2n) is 3.60. The van der Waals surface area contributed by atoms with Gasteiger partial charge in [-0.2, -0.15) is 10.4 Å². The fraction of sp³-hybridized carbons (Fsp3) is 0.0833. The molecule has 0 fully saturated rings. The van der Waals surface area contributed by atoms with Gasteiger partial charge in [0.15, 0.2) is 0 Å². The molecule has 5 nitrogen and oxygen atoms in total. The molecule has 1 aromatic heterocycles. The largest absolute Gasteiger partial charge is 0.306 e. The van der Waals surface area contributed by atoms with Gasteiger partial charge >= 0.3 is 0 Å². The SMILES string of the molecule is Cn1ncc(C#N)c1NC(=O)c1ccc(Br)cc1. The van der Waals surface area contributed by atoms with Crippen LogP contribution in [0.5, 0.6) is 0 Å². The Morgan fingerprint density at radius 3 is 2.72 bits per heavy atom. The van der Waals surface area contributed by atoms with Crippen LogP contribution in [0.15, 0.2) is 34.9 Å². The van der Waals surface area contributed by atoms with Crippen molar-refractivity contribution in [3.05, 3.63) is 46.1 Å². The number of rotatable bonds is 2. The van der Waals surface area contributed by atoms with E-state index in [-0.39, 0.29) is 5.91 Å². The molecule has 1 aromatic carbocycles. The van der Waals surface area contributed by atoms with E-state index in [9.17, 15) is 4.79 Å². The van der Waals surface area contributed by atoms with Gasteiger partial charge < -0.3 is 5.32 Å². The molecule has 0 bridgehead atoms. The molecule has 18 heavy (non-hydrogen) atoms. The predicted molar refractivity (Wildman–Crippen MR) is 70.0 cm³/mol. The van der Waals surface area contributed by atoms with Crippen LogP contribution in [0, 0.1) is 11.3 Å². The van der Waals surface area contributed by atoms with Crippen molar-refractivity contribution >= 4 is 27.7 Å². The summed E-state index contributed by atoms with van der Waals surface area (Å²) >= 11 is 3.30. The maximum absolute atomic E-state index is 12.0. The zero-order valence-corrected chi connectivity index (χ0v) is 11.1. The molecular weight excluding hydrogens is 296 g/mol. The quantitative estimate of drug-likeness (QED) is 0.925. The minimum Gasteiger partial charge on any atom is -0.306 e. The van der Waals surface area contributed by atoms with E-state index in [2.05, 4.69) is 26.3 Å². The molecule has 0 aliphatic heterocycles. The van der Waals surface area contributed by atoms with Crippen molar-refractivity contribution in [3.63, 3.8) is 0 Å². The number of halogens is 1. The average Bonchev–Trinajstić information content (AvgIpc) is 2.71. The Labute approximate surface area is 112 Å². The third-order valence-electron chi connectivity index (χ3n) is 2.40. The van der Waals surface area contributed by atoms with Crippen molar-refractivity contribution in [1.82, 2.24) is 9.78 Å². The van der Waals surface area contributed by atoms with E-state index in [0.717, 1.165) is 4.47 Å². The highest BCUT2D eigenvalue weighted by molar-refractivity contribution is 9.10. The van der Waals surface area contributed by atoms with E-state index in [1.165, 1.54) is 10.9 Å². The Morgan fingerprint density at radius 1 is 1.44 bits per heavy atom. The normalized spacial score (nSPS) is 9.83. The summed E-state index contributed by atoms with van der Waals surface area (Å²) in [7, 11) is 1.66. The molecule has 0 radical (unpaired) electrons. The number of anilines is 1. The minimum atomic E-state index is -0.275. The number of aromatic nitrogens is 2. The Morgan fingerprint density at radius 2 is 2.11 bits per heavy atom. The molecule has 0 aliphatic rings. The van der Waals surface area contributed by atoms with Crippen LogP contribution in [0.1, 0.15) is 15.9 Å². The van der Waals surface area contributed by atoms with Crippen molar-refractivity contribution in [3.8, 4) is 6.07 Å². The topological polar surface area (TPSA) is 70.7 Å². The monoisotopic (exact) mass is 304 g/mol. The van der Waals surface area contributed by atoms with Crippen molar-refractivity contribution in [2.24, 2.45) is 7.05 Å². The van der Waals surface area contributed by atoms with Gasteiger partial charge in [0.2, 0.25) is 0 Å². The van der Waals surface area contributed by atoms with Crippen LogP contribution in [0.3, 0.4) is 0 Å². The standard InChI is InChI=1S/C12H9BrN4O/c1-17-11(9(6-14)7-15-17)16-12(18)8-2-4-10(13)5-3-8/h2-5,7H,1H3,(H,16,18). The van der Waals surface area contributed by atoms with Crippen molar-refractivity contribution in [2.45, 2.75) is 0 Å². The van der Waals surface area contributed by atoms with Crippen LogP contribution in [0.25, 0.3) is 0 Å². The van der Waals surface area contributed by atoms with Gasteiger partial charge in [0.1, 0.15) is 17.5 Å². The van der Waals surface area contributed by atoms with Gasteiger partial charge in [-0.05, 0) is 24.3 Å². The molecule has 2 rings (SSSR count). The van der Waals surface area contributed by atoms with Crippen LogP contribution < -0.4 is 5.32 Å². The molecule has 0 unspecified atom stereocenters. The number of nitrogens with one attached hydrogen (secondary N) is 1. The third-order valence-corrected chi connectivity index (χ3v) is 2.93. The maximum Gasteiger partial charge on any atom is 0.256 e. The number of nitriles is 1. The fourth-order valence-corrected chi connectivity index (χ4v) is 1.71. The molecule has 2 aromatic rings. The molecule has 0 atom stereocenters. The average molecular weight is 305 g/mol. The lowest BCUT2D eigenvalue weighted by molar-refractivity contribution is 0.102. The second kappa shape index (κ2) is 5.02. The summed E-state index contributed by atoms with van der Waals surface area (Å²) < 4.78 is 2.35. The molecule has 1 amide bonds. The summed E-state index contributed by atoms with van der Waals surface area (Å²) in [5, 5.41) is 15.5. The van der Waals surface area contributed by atoms with Crippen LogP contribution in [0.4, 0.5) is 5.82 Å². The first kappa shape index (κ1) is 12.3. The van der Waals surface area contributed by atoms with Crippen LogP contribution in [-0.4, -0.2) is 15.7 Å². The summed E-state index contributed by atoms with van der Waals surface area (Å²) in [5.41, 5.74) is 0.853. The maximum atomic E-state index is 12.0. The highest BCUT2D eigenvalue weighted by Crippen LogP contribution is 2.15. The predicted octanol–water partition coefficient (Wildman–Crippen LogP) is 2.31. The summed E-state index contributed by atoms with van der Waals surface area (Å²) in [6.07, 6.45) is 1.41. The van der Waals surface area contributed by atoms with Crippen LogP contribution in [0.2, 0.25) is 0 Å². The fourth-order valence-electron chi connectivity index (χ4n) is 1.45. The summed E-state index contributed by atoms with van der Waals surface area (Å²) in [5.74, 6) is 0.119. The van der Waals surface area contributed by atoms with Gasteiger partial charge in [-0.1, -0.05) is 15.9 Å². The Hall–Kier alpha value is -2.13. The van der Waals surface area contributed by atoms with Crippen molar-refractivity contribution in [1.29, 1.82) is 5.26 Å². The Kier molecular flexibility index (Phi) is 3.44. The van der Waals surface area contributed by atoms with Gasteiger partial charge in [-0.25, -0.2) is 0 Å². The van der Waals surface area contributed by atoms with Gasteiger partial charge in [0, 0.05) is 17.1 Å². The van der Waals surface area contributed by atoms with E-state index in [4.69, 9.17) is 5.26 Å². The van der Waals surface area contributed by atoms with E-state index < -0.39 is 0 Å². The van der Waals surface area contributed by atoms with Crippen LogP contribution >= 0.6 is 15.9 Å². The van der Waals surface area contributed by atoms with E-state index in [1.807, 2.05) is 6.07 Å². The summed E-state index contributed by atoms with van der Waals surface area (Å²) in [6, 6.07) is 8.93. The molecule has 1 N–H and O–H groups in total. The van der Waals surface area contributed by atoms with Gasteiger partial charge in [0.05, 0.1) is 6.20 Å².